The van der Waals surface area contributed by atoms with Crippen molar-refractivity contribution in [2.24, 2.45) is 0 Å². The lowest BCUT2D eigenvalue weighted by atomic mass is 10.6. The average Bonchev–Trinajstić information content (AvgIpc) is 1.91. The molecule has 0 bridgehead atoms. The summed E-state index contributed by atoms with van der Waals surface area (Å²) in [5.74, 6) is 0. The second-order valence-corrected chi connectivity index (χ2v) is 1.79. The van der Waals surface area contributed by atoms with E-state index in [0.29, 0.717) is 0 Å². The second kappa shape index (κ2) is 1.78. The van der Waals surface area contributed by atoms with Gasteiger partial charge in [0.05, 0.1) is 6.17 Å². The fourth-order valence-corrected chi connectivity index (χ4v) is 0.687. The molecule has 1 atom stereocenters. The van der Waals surface area contributed by atoms with Gasteiger partial charge in [0.1, 0.15) is 0 Å². The minimum atomic E-state index is 0.153. The van der Waals surface area contributed by atoms with Gasteiger partial charge in [-0.2, -0.15) is 5.06 Å². The van der Waals surface area contributed by atoms with Crippen molar-refractivity contribution in [2.75, 3.05) is 13.1 Å². The molecule has 1 unspecified atom stereocenters. The molecule has 1 fully saturated rings. The molecule has 0 aromatic rings. The van der Waals surface area contributed by atoms with Crippen molar-refractivity contribution in [3.63, 3.8) is 0 Å². The van der Waals surface area contributed by atoms with Crippen LogP contribution in [0.5, 0.6) is 0 Å². The number of hydroxylamine groups is 2. The van der Waals surface area contributed by atoms with Crippen LogP contribution in [0.15, 0.2) is 0 Å². The van der Waals surface area contributed by atoms with E-state index in [4.69, 9.17) is 5.21 Å². The summed E-state index contributed by atoms with van der Waals surface area (Å²) in [4.78, 5) is 0. The van der Waals surface area contributed by atoms with Crippen molar-refractivity contribution >= 4 is 0 Å². The van der Waals surface area contributed by atoms with Crippen LogP contribution in [-0.2, 0) is 0 Å². The van der Waals surface area contributed by atoms with Gasteiger partial charge in [0.15, 0.2) is 0 Å². The lowest BCUT2D eigenvalue weighted by Gasteiger charge is -2.09. The van der Waals surface area contributed by atoms with Gasteiger partial charge in [-0.1, -0.05) is 0 Å². The van der Waals surface area contributed by atoms with E-state index in [-0.39, 0.29) is 6.17 Å². The van der Waals surface area contributed by atoms with Crippen LogP contribution in [-0.4, -0.2) is 29.5 Å². The van der Waals surface area contributed by atoms with Gasteiger partial charge in [0.2, 0.25) is 0 Å². The fraction of sp³-hybridized carbons (Fsp3) is 1.00. The van der Waals surface area contributed by atoms with Crippen LogP contribution in [0.3, 0.4) is 0 Å². The summed E-state index contributed by atoms with van der Waals surface area (Å²) in [5, 5.41) is 13.1. The number of nitrogens with zero attached hydrogens (tertiary/aromatic N) is 1. The first-order valence-electron chi connectivity index (χ1n) is 2.49. The van der Waals surface area contributed by atoms with Crippen molar-refractivity contribution in [3.8, 4) is 0 Å². The molecule has 1 aliphatic heterocycles. The molecule has 3 nitrogen and oxygen atoms in total. The van der Waals surface area contributed by atoms with Gasteiger partial charge in [-0.3, -0.25) is 5.32 Å². The minimum Gasteiger partial charge on any atom is -0.312 e. The smallest absolute Gasteiger partial charge is 0.0813 e. The zero-order valence-corrected chi connectivity index (χ0v) is 4.39. The number of hydrogen-bond acceptors (Lipinski definition) is 3. The van der Waals surface area contributed by atoms with Gasteiger partial charge in [-0.05, 0) is 6.92 Å². The highest BCUT2D eigenvalue weighted by molar-refractivity contribution is 4.65. The molecule has 1 rings (SSSR count). The molecular weight excluding hydrogens is 92.1 g/mol. The number of rotatable bonds is 0. The Bertz CT molecular complexity index is 58.7. The molecule has 0 aromatic carbocycles. The minimum absolute atomic E-state index is 0.153. The maximum atomic E-state index is 8.77. The van der Waals surface area contributed by atoms with Crippen LogP contribution in [0.1, 0.15) is 6.92 Å². The number of hydrogen-bond donors (Lipinski definition) is 2. The fourth-order valence-electron chi connectivity index (χ4n) is 0.687. The Labute approximate surface area is 42.9 Å². The Balaban J connectivity index is 2.33. The van der Waals surface area contributed by atoms with E-state index in [1.54, 1.807) is 0 Å². The molecule has 7 heavy (non-hydrogen) atoms. The Morgan fingerprint density at radius 1 is 1.86 bits per heavy atom. The van der Waals surface area contributed by atoms with Crippen molar-refractivity contribution in [1.82, 2.24) is 10.4 Å². The van der Waals surface area contributed by atoms with Crippen LogP contribution in [0.25, 0.3) is 0 Å². The molecule has 0 amide bonds. The first kappa shape index (κ1) is 5.03. The summed E-state index contributed by atoms with van der Waals surface area (Å²) in [6, 6.07) is 0. The van der Waals surface area contributed by atoms with Gasteiger partial charge in [-0.25, -0.2) is 0 Å². The quantitative estimate of drug-likeness (QED) is 0.438. The third-order valence-corrected chi connectivity index (χ3v) is 1.23. The lowest BCUT2D eigenvalue weighted by molar-refractivity contribution is -0.0997. The molecule has 0 saturated carbocycles. The summed E-state index contributed by atoms with van der Waals surface area (Å²) in [6.07, 6.45) is 0.153. The van der Waals surface area contributed by atoms with E-state index in [2.05, 4.69) is 5.32 Å². The van der Waals surface area contributed by atoms with E-state index in [9.17, 15) is 0 Å². The van der Waals surface area contributed by atoms with Crippen LogP contribution < -0.4 is 5.32 Å². The Morgan fingerprint density at radius 2 is 2.57 bits per heavy atom. The monoisotopic (exact) mass is 102 g/mol. The molecule has 1 aliphatic rings. The van der Waals surface area contributed by atoms with E-state index in [1.807, 2.05) is 6.92 Å². The molecule has 2 N–H and O–H groups in total. The summed E-state index contributed by atoms with van der Waals surface area (Å²) in [5.41, 5.74) is 0. The highest BCUT2D eigenvalue weighted by atomic mass is 16.5. The van der Waals surface area contributed by atoms with Gasteiger partial charge in [0, 0.05) is 13.1 Å². The summed E-state index contributed by atoms with van der Waals surface area (Å²) >= 11 is 0. The maximum absolute atomic E-state index is 8.77. The zero-order chi connectivity index (χ0) is 5.28. The molecule has 1 saturated heterocycles. The van der Waals surface area contributed by atoms with Crippen LogP contribution in [0.4, 0.5) is 0 Å². The van der Waals surface area contributed by atoms with Crippen LogP contribution in [0.2, 0.25) is 0 Å². The van der Waals surface area contributed by atoms with Gasteiger partial charge >= 0.3 is 0 Å². The predicted molar refractivity (Wildman–Crippen MR) is 26.0 cm³/mol. The van der Waals surface area contributed by atoms with Crippen molar-refractivity contribution < 1.29 is 5.21 Å². The average molecular weight is 102 g/mol. The number of nitrogens with one attached hydrogen (secondary N) is 1. The molecule has 42 valence electrons. The predicted octanol–water partition coefficient (Wildman–Crippen LogP) is -0.373. The molecule has 1 heterocycles. The zero-order valence-electron chi connectivity index (χ0n) is 4.39. The Kier molecular flexibility index (Phi) is 1.27. The first-order chi connectivity index (χ1) is 3.30. The maximum Gasteiger partial charge on any atom is 0.0813 e. The second-order valence-electron chi connectivity index (χ2n) is 1.79. The topological polar surface area (TPSA) is 35.5 Å². The third kappa shape index (κ3) is 0.907. The Hall–Kier alpha value is -0.120. The molecule has 0 radical (unpaired) electrons. The molecule has 0 aliphatic carbocycles. The van der Waals surface area contributed by atoms with E-state index < -0.39 is 0 Å². The summed E-state index contributed by atoms with van der Waals surface area (Å²) < 4.78 is 0. The summed E-state index contributed by atoms with van der Waals surface area (Å²) in [6.45, 7) is 3.58. The molecule has 0 aromatic heterocycles. The van der Waals surface area contributed by atoms with Crippen molar-refractivity contribution in [3.05, 3.63) is 0 Å². The standard InChI is InChI=1S/C4H10N2O/c1-4-5-2-3-6(4)7/h4-5,7H,2-3H2,1H3. The van der Waals surface area contributed by atoms with Gasteiger partial charge < -0.3 is 5.21 Å². The van der Waals surface area contributed by atoms with Gasteiger partial charge in [0.25, 0.3) is 0 Å². The van der Waals surface area contributed by atoms with Crippen LogP contribution in [0, 0.1) is 0 Å². The van der Waals surface area contributed by atoms with E-state index in [1.165, 1.54) is 5.06 Å². The van der Waals surface area contributed by atoms with E-state index in [0.717, 1.165) is 13.1 Å². The highest BCUT2D eigenvalue weighted by Gasteiger charge is 2.15. The molecule has 3 heteroatoms. The van der Waals surface area contributed by atoms with Crippen molar-refractivity contribution in [1.29, 1.82) is 0 Å². The molecular formula is C4H10N2O. The highest BCUT2D eigenvalue weighted by Crippen LogP contribution is 1.94. The van der Waals surface area contributed by atoms with Gasteiger partial charge in [-0.15, -0.1) is 0 Å². The summed E-state index contributed by atoms with van der Waals surface area (Å²) in [7, 11) is 0. The first-order valence-corrected chi connectivity index (χ1v) is 2.49. The third-order valence-electron chi connectivity index (χ3n) is 1.23. The molecule has 0 spiro atoms. The Morgan fingerprint density at radius 3 is 2.71 bits per heavy atom. The van der Waals surface area contributed by atoms with E-state index >= 15 is 0 Å². The SMILES string of the molecule is CC1NCCN1O. The van der Waals surface area contributed by atoms with Crippen LogP contribution >= 0.6 is 0 Å². The largest absolute Gasteiger partial charge is 0.312 e. The van der Waals surface area contributed by atoms with Crippen molar-refractivity contribution in [2.45, 2.75) is 13.1 Å². The lowest BCUT2D eigenvalue weighted by Crippen LogP contribution is -2.29. The normalized spacial score (nSPS) is 34.3.